The van der Waals surface area contributed by atoms with Gasteiger partial charge >= 0.3 is 0 Å². The molecule has 0 saturated carbocycles. The molecule has 1 aliphatic heterocycles. The zero-order chi connectivity index (χ0) is 16.2. The molecule has 120 valence electrons. The van der Waals surface area contributed by atoms with E-state index in [1.54, 1.807) is 47.6 Å². The molecular formula is C17H18N2O3S. The lowest BCUT2D eigenvalue weighted by molar-refractivity contribution is -0.133. The van der Waals surface area contributed by atoms with Crippen molar-refractivity contribution in [3.8, 4) is 5.75 Å². The summed E-state index contributed by atoms with van der Waals surface area (Å²) in [6.07, 6.45) is 0.984. The number of likely N-dealkylation sites (tertiary alicyclic amines) is 1. The van der Waals surface area contributed by atoms with Gasteiger partial charge in [0.05, 0.1) is 13.7 Å². The van der Waals surface area contributed by atoms with Gasteiger partial charge in [-0.2, -0.15) is 0 Å². The van der Waals surface area contributed by atoms with Crippen molar-refractivity contribution in [3.05, 3.63) is 46.7 Å². The van der Waals surface area contributed by atoms with Gasteiger partial charge in [-0.05, 0) is 42.1 Å². The Morgan fingerprint density at radius 3 is 2.78 bits per heavy atom. The van der Waals surface area contributed by atoms with E-state index in [9.17, 15) is 9.59 Å². The molecule has 1 aromatic heterocycles. The first-order chi connectivity index (χ1) is 11.2. The van der Waals surface area contributed by atoms with Crippen LogP contribution in [0.5, 0.6) is 5.75 Å². The lowest BCUT2D eigenvalue weighted by Crippen LogP contribution is -2.40. The van der Waals surface area contributed by atoms with Crippen LogP contribution >= 0.6 is 11.3 Å². The van der Waals surface area contributed by atoms with E-state index in [4.69, 9.17) is 4.74 Å². The highest BCUT2D eigenvalue weighted by atomic mass is 32.1. The number of nitrogens with one attached hydrogen (secondary N) is 1. The number of rotatable bonds is 5. The monoisotopic (exact) mass is 330 g/mol. The van der Waals surface area contributed by atoms with Gasteiger partial charge in [-0.15, -0.1) is 11.3 Å². The highest BCUT2D eigenvalue weighted by Crippen LogP contribution is 2.25. The molecule has 2 amide bonds. The third-order valence-electron chi connectivity index (χ3n) is 3.89. The molecule has 2 aromatic rings. The molecule has 1 saturated heterocycles. The van der Waals surface area contributed by atoms with Gasteiger partial charge in [0.2, 0.25) is 11.8 Å². The van der Waals surface area contributed by atoms with E-state index in [1.165, 1.54) is 0 Å². The number of amides is 2. The summed E-state index contributed by atoms with van der Waals surface area (Å²) in [6.45, 7) is 0.497. The van der Waals surface area contributed by atoms with Crippen LogP contribution in [0.3, 0.4) is 0 Å². The highest BCUT2D eigenvalue weighted by Gasteiger charge is 2.36. The van der Waals surface area contributed by atoms with Crippen LogP contribution in [0, 0.1) is 0 Å². The Bertz CT molecular complexity index is 682. The van der Waals surface area contributed by atoms with Crippen LogP contribution in [0.4, 0.5) is 5.69 Å². The molecule has 6 heteroatoms. The van der Waals surface area contributed by atoms with Crippen LogP contribution in [0.15, 0.2) is 41.8 Å². The van der Waals surface area contributed by atoms with Gasteiger partial charge in [0.1, 0.15) is 11.8 Å². The Morgan fingerprint density at radius 2 is 2.13 bits per heavy atom. The quantitative estimate of drug-likeness (QED) is 0.917. The molecule has 1 aliphatic rings. The Labute approximate surface area is 138 Å². The summed E-state index contributed by atoms with van der Waals surface area (Å²) < 4.78 is 5.10. The van der Waals surface area contributed by atoms with Crippen molar-refractivity contribution in [2.75, 3.05) is 12.4 Å². The predicted octanol–water partition coefficient (Wildman–Crippen LogP) is 2.89. The molecule has 23 heavy (non-hydrogen) atoms. The first-order valence-electron chi connectivity index (χ1n) is 7.44. The number of carbonyl (C=O) groups is 2. The number of anilines is 1. The van der Waals surface area contributed by atoms with Crippen LogP contribution in [-0.4, -0.2) is 29.9 Å². The number of thiophene rings is 1. The minimum absolute atomic E-state index is 0.0354. The van der Waals surface area contributed by atoms with Gasteiger partial charge in [-0.1, -0.05) is 6.07 Å². The molecule has 1 atom stereocenters. The van der Waals surface area contributed by atoms with Crippen molar-refractivity contribution in [1.82, 2.24) is 4.90 Å². The van der Waals surface area contributed by atoms with E-state index >= 15 is 0 Å². The van der Waals surface area contributed by atoms with Gasteiger partial charge in [-0.3, -0.25) is 9.59 Å². The van der Waals surface area contributed by atoms with E-state index in [-0.39, 0.29) is 11.8 Å². The number of carbonyl (C=O) groups excluding carboxylic acids is 2. The lowest BCUT2D eigenvalue weighted by atomic mass is 10.2. The Hall–Kier alpha value is -2.34. The number of hydrogen-bond acceptors (Lipinski definition) is 4. The van der Waals surface area contributed by atoms with E-state index in [0.29, 0.717) is 25.1 Å². The first kappa shape index (κ1) is 15.6. The van der Waals surface area contributed by atoms with Gasteiger partial charge < -0.3 is 15.0 Å². The molecule has 0 unspecified atom stereocenters. The highest BCUT2D eigenvalue weighted by molar-refractivity contribution is 7.09. The Kier molecular flexibility index (Phi) is 4.62. The fourth-order valence-corrected chi connectivity index (χ4v) is 3.38. The Balaban J connectivity index is 1.68. The van der Waals surface area contributed by atoms with Crippen molar-refractivity contribution < 1.29 is 14.3 Å². The van der Waals surface area contributed by atoms with Crippen LogP contribution < -0.4 is 10.1 Å². The number of benzene rings is 1. The van der Waals surface area contributed by atoms with Crippen LogP contribution in [0.1, 0.15) is 17.7 Å². The summed E-state index contributed by atoms with van der Waals surface area (Å²) in [5.41, 5.74) is 0.700. The van der Waals surface area contributed by atoms with Gasteiger partial charge in [0, 0.05) is 17.0 Å². The minimum Gasteiger partial charge on any atom is -0.497 e. The average Bonchev–Trinajstić information content (AvgIpc) is 3.19. The summed E-state index contributed by atoms with van der Waals surface area (Å²) in [4.78, 5) is 27.4. The average molecular weight is 330 g/mol. The SMILES string of the molecule is COc1ccc(NC(=O)[C@H]2CCC(=O)N2Cc2cccs2)cc1. The summed E-state index contributed by atoms with van der Waals surface area (Å²) in [5.74, 6) is 0.629. The molecule has 0 bridgehead atoms. The molecule has 1 N–H and O–H groups in total. The molecule has 1 aromatic carbocycles. The zero-order valence-electron chi connectivity index (χ0n) is 12.8. The second-order valence-corrected chi connectivity index (χ2v) is 6.41. The zero-order valence-corrected chi connectivity index (χ0v) is 13.6. The third kappa shape index (κ3) is 3.53. The fraction of sp³-hybridized carbons (Fsp3) is 0.294. The molecule has 5 nitrogen and oxygen atoms in total. The largest absolute Gasteiger partial charge is 0.497 e. The molecule has 3 rings (SSSR count). The van der Waals surface area contributed by atoms with Crippen LogP contribution in [-0.2, 0) is 16.1 Å². The van der Waals surface area contributed by atoms with E-state index in [2.05, 4.69) is 5.32 Å². The minimum atomic E-state index is -0.410. The number of methoxy groups -OCH3 is 1. The van der Waals surface area contributed by atoms with Gasteiger partial charge in [0.15, 0.2) is 0 Å². The maximum absolute atomic E-state index is 12.5. The summed E-state index contributed by atoms with van der Waals surface area (Å²) in [6, 6.07) is 10.7. The van der Waals surface area contributed by atoms with Crippen molar-refractivity contribution in [1.29, 1.82) is 0 Å². The third-order valence-corrected chi connectivity index (χ3v) is 4.76. The number of nitrogens with zero attached hydrogens (tertiary/aromatic N) is 1. The van der Waals surface area contributed by atoms with Crippen molar-refractivity contribution in [3.63, 3.8) is 0 Å². The maximum atomic E-state index is 12.5. The van der Waals surface area contributed by atoms with Crippen molar-refractivity contribution in [2.24, 2.45) is 0 Å². The lowest BCUT2D eigenvalue weighted by Gasteiger charge is -2.23. The number of hydrogen-bond donors (Lipinski definition) is 1. The van der Waals surface area contributed by atoms with Gasteiger partial charge in [-0.25, -0.2) is 0 Å². The Morgan fingerprint density at radius 1 is 1.35 bits per heavy atom. The van der Waals surface area contributed by atoms with Gasteiger partial charge in [0.25, 0.3) is 0 Å². The molecule has 0 aliphatic carbocycles. The van der Waals surface area contributed by atoms with E-state index < -0.39 is 6.04 Å². The first-order valence-corrected chi connectivity index (χ1v) is 8.32. The molecule has 2 heterocycles. The second-order valence-electron chi connectivity index (χ2n) is 5.37. The number of ether oxygens (including phenoxy) is 1. The standard InChI is InChI=1S/C17H18N2O3S/c1-22-13-6-4-12(5-7-13)18-17(21)15-8-9-16(20)19(15)11-14-3-2-10-23-14/h2-7,10,15H,8-9,11H2,1H3,(H,18,21)/t15-/m1/s1. The van der Waals surface area contributed by atoms with E-state index in [1.807, 2.05) is 17.5 Å². The van der Waals surface area contributed by atoms with Crippen LogP contribution in [0.25, 0.3) is 0 Å². The second kappa shape index (κ2) is 6.83. The topological polar surface area (TPSA) is 58.6 Å². The summed E-state index contributed by atoms with van der Waals surface area (Å²) in [7, 11) is 1.60. The molecule has 0 radical (unpaired) electrons. The van der Waals surface area contributed by atoms with Crippen molar-refractivity contribution in [2.45, 2.75) is 25.4 Å². The fourth-order valence-electron chi connectivity index (χ4n) is 2.67. The molecule has 1 fully saturated rings. The van der Waals surface area contributed by atoms with Crippen LogP contribution in [0.2, 0.25) is 0 Å². The summed E-state index contributed by atoms with van der Waals surface area (Å²) >= 11 is 1.59. The smallest absolute Gasteiger partial charge is 0.247 e. The van der Waals surface area contributed by atoms with Crippen molar-refractivity contribution >= 4 is 28.8 Å². The van der Waals surface area contributed by atoms with E-state index in [0.717, 1.165) is 10.6 Å². The molecular weight excluding hydrogens is 312 g/mol. The normalized spacial score (nSPS) is 17.3. The summed E-state index contributed by atoms with van der Waals surface area (Å²) in [5, 5.41) is 4.85. The predicted molar refractivity (Wildman–Crippen MR) is 89.5 cm³/mol. The molecule has 0 spiro atoms. The maximum Gasteiger partial charge on any atom is 0.247 e.